The maximum Gasteiger partial charge on any atom is 0.142 e. The van der Waals surface area contributed by atoms with Crippen LogP contribution in [0.5, 0.6) is 0 Å². The summed E-state index contributed by atoms with van der Waals surface area (Å²) in [7, 11) is 0. The third-order valence-corrected chi connectivity index (χ3v) is 1.32. The number of carbonyl (C=O) groups is 1. The molecule has 0 radical (unpaired) electrons. The van der Waals surface area contributed by atoms with E-state index in [2.05, 4.69) is 4.99 Å². The number of rotatable bonds is 0. The second kappa shape index (κ2) is 2.07. The van der Waals surface area contributed by atoms with Gasteiger partial charge < -0.3 is 0 Å². The monoisotopic (exact) mass is 111 g/mol. The number of nitrogens with zero attached hydrogens (tertiary/aromatic N) is 1. The Morgan fingerprint density at radius 2 is 2.62 bits per heavy atom. The predicted octanol–water partition coefficient (Wildman–Crippen LogP) is 0.666. The first-order chi connectivity index (χ1) is 3.80. The Balaban J connectivity index is 2.60. The fourth-order valence-corrected chi connectivity index (χ4v) is 0.718. The SMILES string of the molecule is CC1C=NCCC1=O. The molecule has 0 aromatic carbocycles. The van der Waals surface area contributed by atoms with E-state index in [4.69, 9.17) is 0 Å². The van der Waals surface area contributed by atoms with E-state index in [1.807, 2.05) is 6.92 Å². The molecule has 1 aliphatic rings. The summed E-state index contributed by atoms with van der Waals surface area (Å²) in [5.41, 5.74) is 0. The molecular weight excluding hydrogens is 102 g/mol. The largest absolute Gasteiger partial charge is 0.299 e. The molecule has 0 saturated heterocycles. The van der Waals surface area contributed by atoms with Gasteiger partial charge >= 0.3 is 0 Å². The van der Waals surface area contributed by atoms with Gasteiger partial charge in [-0.25, -0.2) is 0 Å². The van der Waals surface area contributed by atoms with Crippen molar-refractivity contribution in [2.75, 3.05) is 6.54 Å². The van der Waals surface area contributed by atoms with Crippen molar-refractivity contribution in [3.05, 3.63) is 0 Å². The van der Waals surface area contributed by atoms with Gasteiger partial charge in [0.15, 0.2) is 0 Å². The topological polar surface area (TPSA) is 29.4 Å². The normalized spacial score (nSPS) is 28.6. The number of ketones is 1. The van der Waals surface area contributed by atoms with Crippen molar-refractivity contribution in [2.45, 2.75) is 13.3 Å². The summed E-state index contributed by atoms with van der Waals surface area (Å²) in [5, 5.41) is 0. The van der Waals surface area contributed by atoms with E-state index in [0.717, 1.165) is 0 Å². The average Bonchev–Trinajstić information content (AvgIpc) is 1.77. The van der Waals surface area contributed by atoms with Crippen molar-refractivity contribution < 1.29 is 4.79 Å². The van der Waals surface area contributed by atoms with E-state index in [0.29, 0.717) is 18.7 Å². The Hall–Kier alpha value is -0.660. The Bertz CT molecular complexity index is 128. The van der Waals surface area contributed by atoms with Crippen molar-refractivity contribution >= 4 is 12.0 Å². The lowest BCUT2D eigenvalue weighted by atomic mass is 10.0. The van der Waals surface area contributed by atoms with Crippen LogP contribution in [0.15, 0.2) is 4.99 Å². The van der Waals surface area contributed by atoms with Crippen LogP contribution in [0.4, 0.5) is 0 Å². The molecule has 8 heavy (non-hydrogen) atoms. The van der Waals surface area contributed by atoms with Crippen LogP contribution < -0.4 is 0 Å². The fraction of sp³-hybridized carbons (Fsp3) is 0.667. The van der Waals surface area contributed by atoms with Crippen LogP contribution >= 0.6 is 0 Å². The lowest BCUT2D eigenvalue weighted by Gasteiger charge is -2.07. The molecule has 1 atom stereocenters. The first kappa shape index (κ1) is 5.48. The van der Waals surface area contributed by atoms with E-state index in [1.165, 1.54) is 0 Å². The Morgan fingerprint density at radius 1 is 1.88 bits per heavy atom. The van der Waals surface area contributed by atoms with Crippen LogP contribution in [0.2, 0.25) is 0 Å². The molecule has 0 aliphatic carbocycles. The summed E-state index contributed by atoms with van der Waals surface area (Å²) in [6.07, 6.45) is 2.36. The summed E-state index contributed by atoms with van der Waals surface area (Å²) in [4.78, 5) is 14.7. The smallest absolute Gasteiger partial charge is 0.142 e. The van der Waals surface area contributed by atoms with Crippen molar-refractivity contribution in [2.24, 2.45) is 10.9 Å². The van der Waals surface area contributed by atoms with E-state index in [9.17, 15) is 4.79 Å². The lowest BCUT2D eigenvalue weighted by Crippen LogP contribution is -2.17. The van der Waals surface area contributed by atoms with Crippen molar-refractivity contribution in [3.8, 4) is 0 Å². The summed E-state index contributed by atoms with van der Waals surface area (Å²) in [6.45, 7) is 2.58. The van der Waals surface area contributed by atoms with Crippen LogP contribution in [-0.2, 0) is 4.79 Å². The first-order valence-corrected chi connectivity index (χ1v) is 2.83. The second-order valence-electron chi connectivity index (χ2n) is 2.06. The molecule has 1 heterocycles. The first-order valence-electron chi connectivity index (χ1n) is 2.83. The van der Waals surface area contributed by atoms with Gasteiger partial charge in [-0.05, 0) is 0 Å². The van der Waals surface area contributed by atoms with Crippen molar-refractivity contribution in [3.63, 3.8) is 0 Å². The van der Waals surface area contributed by atoms with Crippen LogP contribution in [-0.4, -0.2) is 18.5 Å². The van der Waals surface area contributed by atoms with Crippen molar-refractivity contribution in [1.29, 1.82) is 0 Å². The standard InChI is InChI=1S/C6H9NO/c1-5-4-7-3-2-6(5)8/h4-5H,2-3H2,1H3. The summed E-state index contributed by atoms with van der Waals surface area (Å²) in [6, 6.07) is 0. The zero-order chi connectivity index (χ0) is 5.98. The molecule has 1 aliphatic heterocycles. The molecule has 0 saturated carbocycles. The van der Waals surface area contributed by atoms with E-state index < -0.39 is 0 Å². The van der Waals surface area contributed by atoms with E-state index in [1.54, 1.807) is 6.21 Å². The lowest BCUT2D eigenvalue weighted by molar-refractivity contribution is -0.120. The minimum absolute atomic E-state index is 0.0729. The molecule has 2 heteroatoms. The minimum atomic E-state index is 0.0729. The molecule has 1 unspecified atom stereocenters. The zero-order valence-electron chi connectivity index (χ0n) is 4.92. The Labute approximate surface area is 48.6 Å². The highest BCUT2D eigenvalue weighted by molar-refractivity contribution is 5.95. The fourth-order valence-electron chi connectivity index (χ4n) is 0.718. The van der Waals surface area contributed by atoms with Gasteiger partial charge in [0.1, 0.15) is 5.78 Å². The van der Waals surface area contributed by atoms with Crippen LogP contribution in [0.1, 0.15) is 13.3 Å². The predicted molar refractivity (Wildman–Crippen MR) is 32.1 cm³/mol. The average molecular weight is 111 g/mol. The Kier molecular flexibility index (Phi) is 1.42. The highest BCUT2D eigenvalue weighted by Gasteiger charge is 2.12. The molecule has 0 N–H and O–H groups in total. The van der Waals surface area contributed by atoms with Gasteiger partial charge in [0.05, 0.1) is 0 Å². The van der Waals surface area contributed by atoms with Gasteiger partial charge in [0.2, 0.25) is 0 Å². The molecule has 0 fully saturated rings. The highest BCUT2D eigenvalue weighted by Crippen LogP contribution is 2.02. The molecule has 0 amide bonds. The number of hydrogen-bond donors (Lipinski definition) is 0. The van der Waals surface area contributed by atoms with Crippen molar-refractivity contribution in [1.82, 2.24) is 0 Å². The molecule has 0 aromatic rings. The maximum absolute atomic E-state index is 10.7. The Morgan fingerprint density at radius 3 is 3.00 bits per heavy atom. The third-order valence-electron chi connectivity index (χ3n) is 1.32. The van der Waals surface area contributed by atoms with Crippen LogP contribution in [0.3, 0.4) is 0 Å². The minimum Gasteiger partial charge on any atom is -0.299 e. The van der Waals surface area contributed by atoms with Gasteiger partial charge in [0, 0.05) is 25.1 Å². The molecular formula is C6H9NO. The molecule has 0 bridgehead atoms. The third kappa shape index (κ3) is 0.941. The molecule has 2 nitrogen and oxygen atoms in total. The van der Waals surface area contributed by atoms with Gasteiger partial charge in [0.25, 0.3) is 0 Å². The number of carbonyl (C=O) groups excluding carboxylic acids is 1. The van der Waals surface area contributed by atoms with Gasteiger partial charge in [-0.15, -0.1) is 0 Å². The molecule has 44 valence electrons. The summed E-state index contributed by atoms with van der Waals surface area (Å²) < 4.78 is 0. The summed E-state index contributed by atoms with van der Waals surface area (Å²) in [5.74, 6) is 0.392. The van der Waals surface area contributed by atoms with Crippen LogP contribution in [0.25, 0.3) is 0 Å². The second-order valence-corrected chi connectivity index (χ2v) is 2.06. The number of Topliss-reactive ketones (excluding diaryl/α,β-unsaturated/α-hetero) is 1. The van der Waals surface area contributed by atoms with Gasteiger partial charge in [-0.2, -0.15) is 0 Å². The number of aliphatic imine (C=N–C) groups is 1. The molecule has 0 spiro atoms. The van der Waals surface area contributed by atoms with E-state index >= 15 is 0 Å². The quantitative estimate of drug-likeness (QED) is 0.451. The maximum atomic E-state index is 10.7. The number of hydrogen-bond acceptors (Lipinski definition) is 2. The zero-order valence-corrected chi connectivity index (χ0v) is 4.92. The summed E-state index contributed by atoms with van der Waals surface area (Å²) >= 11 is 0. The molecule has 1 rings (SSSR count). The van der Waals surface area contributed by atoms with E-state index in [-0.39, 0.29) is 5.92 Å². The van der Waals surface area contributed by atoms with Gasteiger partial charge in [-0.3, -0.25) is 9.79 Å². The molecule has 0 aromatic heterocycles. The van der Waals surface area contributed by atoms with Crippen LogP contribution in [0, 0.1) is 5.92 Å². The highest BCUT2D eigenvalue weighted by atomic mass is 16.1. The van der Waals surface area contributed by atoms with Gasteiger partial charge in [-0.1, -0.05) is 6.92 Å².